The summed E-state index contributed by atoms with van der Waals surface area (Å²) in [6.07, 6.45) is 3.92. The van der Waals surface area contributed by atoms with Crippen LogP contribution in [0.4, 0.5) is 5.69 Å². The van der Waals surface area contributed by atoms with E-state index in [4.69, 9.17) is 16.3 Å². The lowest BCUT2D eigenvalue weighted by molar-refractivity contribution is -0.122. The number of likely N-dealkylation sites (N-methyl/N-ethyl adjacent to an activating group) is 1. The van der Waals surface area contributed by atoms with Gasteiger partial charge in [-0.3, -0.25) is 9.59 Å². The summed E-state index contributed by atoms with van der Waals surface area (Å²) in [5.41, 5.74) is 0.312. The molecule has 0 saturated heterocycles. The molecule has 1 aromatic carbocycles. The SMILES string of the molecule is CC1CCC(NC(=O)CN(C)S(=O)(=O)c2cc3c(cc2Cl)NC(=O)CO3)CC1. The molecule has 1 saturated carbocycles. The predicted octanol–water partition coefficient (Wildman–Crippen LogP) is 1.99. The summed E-state index contributed by atoms with van der Waals surface area (Å²) in [5.74, 6) is 0.194. The number of nitrogens with one attached hydrogen (secondary N) is 2. The van der Waals surface area contributed by atoms with Gasteiger partial charge in [0.15, 0.2) is 6.61 Å². The molecule has 3 rings (SSSR count). The van der Waals surface area contributed by atoms with Crippen molar-refractivity contribution in [1.82, 2.24) is 9.62 Å². The molecule has 0 radical (unpaired) electrons. The van der Waals surface area contributed by atoms with Crippen LogP contribution >= 0.6 is 11.6 Å². The molecule has 0 spiro atoms. The van der Waals surface area contributed by atoms with E-state index < -0.39 is 10.0 Å². The van der Waals surface area contributed by atoms with E-state index in [1.165, 1.54) is 19.2 Å². The van der Waals surface area contributed by atoms with E-state index in [0.717, 1.165) is 30.0 Å². The average Bonchev–Trinajstić information content (AvgIpc) is 2.62. The molecule has 1 aliphatic heterocycles. The molecule has 10 heteroatoms. The lowest BCUT2D eigenvalue weighted by Crippen LogP contribution is -2.43. The van der Waals surface area contributed by atoms with Crippen LogP contribution in [0.3, 0.4) is 0 Å². The van der Waals surface area contributed by atoms with E-state index in [2.05, 4.69) is 17.6 Å². The van der Waals surface area contributed by atoms with E-state index in [0.29, 0.717) is 11.6 Å². The minimum atomic E-state index is -4.01. The van der Waals surface area contributed by atoms with E-state index in [-0.39, 0.29) is 46.7 Å². The van der Waals surface area contributed by atoms with Gasteiger partial charge >= 0.3 is 0 Å². The fourth-order valence-corrected chi connectivity index (χ4v) is 5.05. The Labute approximate surface area is 169 Å². The Kier molecular flexibility index (Phi) is 6.16. The highest BCUT2D eigenvalue weighted by molar-refractivity contribution is 7.89. The van der Waals surface area contributed by atoms with Crippen molar-refractivity contribution in [2.24, 2.45) is 5.92 Å². The van der Waals surface area contributed by atoms with Crippen LogP contribution in [0, 0.1) is 5.92 Å². The third-order valence-electron chi connectivity index (χ3n) is 5.10. The lowest BCUT2D eigenvalue weighted by Gasteiger charge is -2.27. The second-order valence-electron chi connectivity index (χ2n) is 7.40. The number of benzene rings is 1. The largest absolute Gasteiger partial charge is 0.482 e. The molecular weight excluding hydrogens is 406 g/mol. The number of carbonyl (C=O) groups is 2. The van der Waals surface area contributed by atoms with Crippen molar-refractivity contribution in [3.63, 3.8) is 0 Å². The first-order valence-corrected chi connectivity index (χ1v) is 11.0. The van der Waals surface area contributed by atoms with Crippen LogP contribution in [0.2, 0.25) is 5.02 Å². The molecule has 154 valence electrons. The first kappa shape index (κ1) is 20.9. The number of ether oxygens (including phenoxy) is 1. The van der Waals surface area contributed by atoms with Gasteiger partial charge in [0, 0.05) is 19.2 Å². The molecule has 28 heavy (non-hydrogen) atoms. The van der Waals surface area contributed by atoms with Crippen molar-refractivity contribution in [3.05, 3.63) is 17.2 Å². The lowest BCUT2D eigenvalue weighted by atomic mass is 9.87. The third-order valence-corrected chi connectivity index (χ3v) is 7.37. The number of fused-ring (bicyclic) bond motifs is 1. The second kappa shape index (κ2) is 8.26. The van der Waals surface area contributed by atoms with Crippen molar-refractivity contribution in [1.29, 1.82) is 0 Å². The van der Waals surface area contributed by atoms with Crippen molar-refractivity contribution >= 4 is 39.1 Å². The Morgan fingerprint density at radius 3 is 2.68 bits per heavy atom. The summed E-state index contributed by atoms with van der Waals surface area (Å²) in [4.78, 5) is 23.5. The maximum atomic E-state index is 12.9. The molecule has 0 bridgehead atoms. The number of halogens is 1. The molecule has 1 aromatic rings. The van der Waals surface area contributed by atoms with E-state index in [1.54, 1.807) is 0 Å². The van der Waals surface area contributed by atoms with Gasteiger partial charge in [-0.1, -0.05) is 18.5 Å². The molecule has 2 N–H and O–H groups in total. The number of amides is 2. The van der Waals surface area contributed by atoms with E-state index in [9.17, 15) is 18.0 Å². The van der Waals surface area contributed by atoms with Gasteiger partial charge in [0.25, 0.3) is 5.91 Å². The zero-order valence-electron chi connectivity index (χ0n) is 15.8. The fraction of sp³-hybridized carbons (Fsp3) is 0.556. The van der Waals surface area contributed by atoms with Crippen molar-refractivity contribution in [2.75, 3.05) is 25.5 Å². The number of hydrogen-bond donors (Lipinski definition) is 2. The fourth-order valence-electron chi connectivity index (χ4n) is 3.41. The van der Waals surface area contributed by atoms with E-state index >= 15 is 0 Å². The van der Waals surface area contributed by atoms with Crippen molar-refractivity contribution in [2.45, 2.75) is 43.5 Å². The van der Waals surface area contributed by atoms with Gasteiger partial charge in [-0.05, 0) is 37.7 Å². The number of rotatable bonds is 5. The Bertz CT molecular complexity index is 881. The Balaban J connectivity index is 1.70. The van der Waals surface area contributed by atoms with Gasteiger partial charge in [0.1, 0.15) is 10.6 Å². The normalized spacial score (nSPS) is 22.2. The van der Waals surface area contributed by atoms with Crippen LogP contribution in [0.1, 0.15) is 32.6 Å². The highest BCUT2D eigenvalue weighted by Crippen LogP contribution is 2.36. The summed E-state index contributed by atoms with van der Waals surface area (Å²) in [6.45, 7) is 1.68. The number of carbonyl (C=O) groups excluding carboxylic acids is 2. The molecule has 2 amide bonds. The highest BCUT2D eigenvalue weighted by atomic mass is 35.5. The first-order valence-electron chi connectivity index (χ1n) is 9.18. The molecule has 1 fully saturated rings. The van der Waals surface area contributed by atoms with Crippen LogP contribution in [0.15, 0.2) is 17.0 Å². The Morgan fingerprint density at radius 2 is 2.00 bits per heavy atom. The van der Waals surface area contributed by atoms with Gasteiger partial charge in [-0.15, -0.1) is 0 Å². The summed E-state index contributed by atoms with van der Waals surface area (Å²) < 4.78 is 32.0. The molecule has 0 unspecified atom stereocenters. The van der Waals surface area contributed by atoms with Gasteiger partial charge < -0.3 is 15.4 Å². The van der Waals surface area contributed by atoms with Crippen LogP contribution in [-0.2, 0) is 19.6 Å². The Hall–Kier alpha value is -1.84. The second-order valence-corrected chi connectivity index (χ2v) is 9.82. The van der Waals surface area contributed by atoms with Crippen LogP contribution < -0.4 is 15.4 Å². The number of hydrogen-bond acceptors (Lipinski definition) is 5. The molecule has 8 nitrogen and oxygen atoms in total. The van der Waals surface area contributed by atoms with Crippen LogP contribution in [-0.4, -0.2) is 50.8 Å². The maximum absolute atomic E-state index is 12.9. The smallest absolute Gasteiger partial charge is 0.262 e. The molecule has 1 heterocycles. The quantitative estimate of drug-likeness (QED) is 0.744. The van der Waals surface area contributed by atoms with Crippen molar-refractivity contribution in [3.8, 4) is 5.75 Å². The van der Waals surface area contributed by atoms with Crippen LogP contribution in [0.5, 0.6) is 5.75 Å². The topological polar surface area (TPSA) is 105 Å². The molecular formula is C18H24ClN3O5S. The average molecular weight is 430 g/mol. The molecule has 0 atom stereocenters. The van der Waals surface area contributed by atoms with Gasteiger partial charge in [-0.2, -0.15) is 4.31 Å². The summed E-state index contributed by atoms with van der Waals surface area (Å²) in [5, 5.41) is 5.42. The zero-order chi connectivity index (χ0) is 20.5. The Morgan fingerprint density at radius 1 is 1.32 bits per heavy atom. The molecule has 1 aliphatic carbocycles. The number of nitrogens with zero attached hydrogens (tertiary/aromatic N) is 1. The predicted molar refractivity (Wildman–Crippen MR) is 105 cm³/mol. The first-order chi connectivity index (χ1) is 13.2. The summed E-state index contributed by atoms with van der Waals surface area (Å²) in [7, 11) is -2.68. The molecule has 0 aromatic heterocycles. The third kappa shape index (κ3) is 4.59. The van der Waals surface area contributed by atoms with Crippen LogP contribution in [0.25, 0.3) is 0 Å². The van der Waals surface area contributed by atoms with Gasteiger partial charge in [-0.25, -0.2) is 8.42 Å². The van der Waals surface area contributed by atoms with E-state index in [1.807, 2.05) is 0 Å². The minimum Gasteiger partial charge on any atom is -0.482 e. The van der Waals surface area contributed by atoms with Gasteiger partial charge in [0.05, 0.1) is 17.3 Å². The maximum Gasteiger partial charge on any atom is 0.262 e. The van der Waals surface area contributed by atoms with Gasteiger partial charge in [0.2, 0.25) is 15.9 Å². The summed E-state index contributed by atoms with van der Waals surface area (Å²) >= 11 is 6.13. The minimum absolute atomic E-state index is 0.0573. The number of anilines is 1. The van der Waals surface area contributed by atoms with Crippen molar-refractivity contribution < 1.29 is 22.7 Å². The number of sulfonamides is 1. The molecule has 2 aliphatic rings. The summed E-state index contributed by atoms with van der Waals surface area (Å²) in [6, 6.07) is 2.69. The standard InChI is InChI=1S/C18H24ClN3O5S/c1-11-3-5-12(6-4-11)20-17(23)9-22(2)28(25,26)16-8-15-14(7-13(16)19)21-18(24)10-27-15/h7-8,11-12H,3-6,9-10H2,1-2H3,(H,20,23)(H,21,24). The zero-order valence-corrected chi connectivity index (χ0v) is 17.4. The monoisotopic (exact) mass is 429 g/mol. The highest BCUT2D eigenvalue weighted by Gasteiger charge is 2.29.